The summed E-state index contributed by atoms with van der Waals surface area (Å²) in [5.41, 5.74) is 1.16. The number of anilines is 1. The Balaban J connectivity index is 1.36. The van der Waals surface area contributed by atoms with Gasteiger partial charge in [0.2, 0.25) is 11.6 Å². The summed E-state index contributed by atoms with van der Waals surface area (Å²) < 4.78 is 6.04. The van der Waals surface area contributed by atoms with Gasteiger partial charge in [0.1, 0.15) is 11.5 Å². The van der Waals surface area contributed by atoms with Gasteiger partial charge in [-0.25, -0.2) is 0 Å². The van der Waals surface area contributed by atoms with E-state index in [0.717, 1.165) is 11.3 Å². The van der Waals surface area contributed by atoms with Crippen molar-refractivity contribution in [3.05, 3.63) is 87.9 Å². The van der Waals surface area contributed by atoms with Crippen molar-refractivity contribution >= 4 is 52.1 Å². The van der Waals surface area contributed by atoms with E-state index in [-0.39, 0.29) is 12.3 Å². The van der Waals surface area contributed by atoms with Crippen LogP contribution in [0.5, 0.6) is 11.5 Å². The number of halogens is 2. The Morgan fingerprint density at radius 2 is 1.70 bits per heavy atom. The summed E-state index contributed by atoms with van der Waals surface area (Å²) in [5.74, 6) is 0.512. The number of hydrogen-bond acceptors (Lipinski definition) is 7. The molecule has 12 heteroatoms. The molecular formula is C25H23Cl2N7O2S. The molecule has 1 aliphatic rings. The number of amides is 1. The van der Waals surface area contributed by atoms with Gasteiger partial charge in [-0.15, -0.1) is 10.2 Å². The summed E-state index contributed by atoms with van der Waals surface area (Å²) in [5, 5.41) is 26.0. The Hall–Kier alpha value is -3.60. The second-order valence-corrected chi connectivity index (χ2v) is 9.40. The molecule has 0 aromatic heterocycles. The van der Waals surface area contributed by atoms with E-state index < -0.39 is 5.66 Å². The minimum absolute atomic E-state index is 0.124. The zero-order valence-corrected chi connectivity index (χ0v) is 22.1. The molecule has 0 saturated carbocycles. The van der Waals surface area contributed by atoms with Crippen molar-refractivity contribution in [2.24, 2.45) is 20.7 Å². The molecule has 1 heterocycles. The topological polar surface area (TPSA) is 112 Å². The largest absolute Gasteiger partial charge is 0.455 e. The van der Waals surface area contributed by atoms with Gasteiger partial charge in [0.25, 0.3) is 0 Å². The van der Waals surface area contributed by atoms with E-state index >= 15 is 0 Å². The Kier molecular flexibility index (Phi) is 8.65. The Labute approximate surface area is 229 Å². The number of nitrogens with zero attached hydrogens (tertiary/aromatic N) is 4. The first-order valence-corrected chi connectivity index (χ1v) is 12.5. The third-order valence-electron chi connectivity index (χ3n) is 5.31. The highest BCUT2D eigenvalue weighted by atomic mass is 35.5. The Morgan fingerprint density at radius 1 is 0.946 bits per heavy atom. The summed E-state index contributed by atoms with van der Waals surface area (Å²) in [4.78, 5) is 12.8. The standard InChI is InChI=1S/C25H23Cl2N7O2S/c1-16-5-4-6-18(13-16)30-24(37)29-12-11-28-23(35)15-25(31-33-34-32-25)19-7-2-3-8-21(19)36-22-10-9-17(26)14-20(22)27/h2-10,13-14H,11-12,15H2,1H3,(H,28,35)(H2,29,30,37). The number of carbonyl (C=O) groups is 1. The molecule has 4 rings (SSSR count). The van der Waals surface area contributed by atoms with E-state index in [2.05, 4.69) is 36.6 Å². The third-order valence-corrected chi connectivity index (χ3v) is 6.09. The van der Waals surface area contributed by atoms with Gasteiger partial charge in [0, 0.05) is 29.4 Å². The number of rotatable bonds is 9. The molecule has 3 N–H and O–H groups in total. The van der Waals surface area contributed by atoms with E-state index in [0.29, 0.717) is 45.3 Å². The summed E-state index contributed by atoms with van der Waals surface area (Å²) in [6, 6.07) is 19.8. The minimum Gasteiger partial charge on any atom is -0.455 e. The van der Waals surface area contributed by atoms with Crippen molar-refractivity contribution in [1.29, 1.82) is 0 Å². The lowest BCUT2D eigenvalue weighted by atomic mass is 9.96. The van der Waals surface area contributed by atoms with Crippen LogP contribution < -0.4 is 20.7 Å². The highest BCUT2D eigenvalue weighted by Gasteiger charge is 2.40. The lowest BCUT2D eigenvalue weighted by Gasteiger charge is -2.22. The quantitative estimate of drug-likeness (QED) is 0.204. The van der Waals surface area contributed by atoms with Crippen molar-refractivity contribution in [2.75, 3.05) is 18.4 Å². The molecule has 37 heavy (non-hydrogen) atoms. The Bertz CT molecular complexity index is 1350. The predicted molar refractivity (Wildman–Crippen MR) is 147 cm³/mol. The average Bonchev–Trinajstić information content (AvgIpc) is 3.33. The number of hydrogen-bond donors (Lipinski definition) is 3. The maximum atomic E-state index is 12.8. The molecule has 0 aliphatic carbocycles. The first-order chi connectivity index (χ1) is 17.8. The van der Waals surface area contributed by atoms with Gasteiger partial charge >= 0.3 is 0 Å². The maximum Gasteiger partial charge on any atom is 0.232 e. The molecule has 1 aliphatic heterocycles. The van der Waals surface area contributed by atoms with Crippen LogP contribution in [0.4, 0.5) is 5.69 Å². The first-order valence-electron chi connectivity index (χ1n) is 11.3. The van der Waals surface area contributed by atoms with Crippen LogP contribution in [0.15, 0.2) is 87.4 Å². The van der Waals surface area contributed by atoms with Gasteiger partial charge in [-0.3, -0.25) is 4.79 Å². The SMILES string of the molecule is Cc1cccc(NC(=S)NCCNC(=O)CC2(c3ccccc3Oc3ccc(Cl)cc3Cl)N=NN=N2)c1. The zero-order chi connectivity index (χ0) is 26.3. The number of aryl methyl sites for hydroxylation is 1. The molecule has 190 valence electrons. The van der Waals surface area contributed by atoms with Crippen molar-refractivity contribution < 1.29 is 9.53 Å². The smallest absolute Gasteiger partial charge is 0.232 e. The van der Waals surface area contributed by atoms with Crippen LogP contribution in [0.3, 0.4) is 0 Å². The normalized spacial score (nSPS) is 13.3. The van der Waals surface area contributed by atoms with E-state index in [1.807, 2.05) is 31.2 Å². The number of carbonyl (C=O) groups excluding carboxylic acids is 1. The summed E-state index contributed by atoms with van der Waals surface area (Å²) in [6.07, 6.45) is -0.124. The van der Waals surface area contributed by atoms with Gasteiger partial charge in [0.05, 0.1) is 11.4 Å². The van der Waals surface area contributed by atoms with E-state index in [1.54, 1.807) is 42.5 Å². The van der Waals surface area contributed by atoms with Crippen LogP contribution in [0, 0.1) is 6.92 Å². The van der Waals surface area contributed by atoms with Crippen molar-refractivity contribution in [3.8, 4) is 11.5 Å². The molecule has 9 nitrogen and oxygen atoms in total. The molecule has 0 fully saturated rings. The number of thiocarbonyl (C=S) groups is 1. The third kappa shape index (κ3) is 7.00. The second-order valence-electron chi connectivity index (χ2n) is 8.15. The highest BCUT2D eigenvalue weighted by molar-refractivity contribution is 7.80. The minimum atomic E-state index is -1.37. The van der Waals surface area contributed by atoms with Gasteiger partial charge in [-0.05, 0) is 71.5 Å². The second kappa shape index (κ2) is 12.1. The van der Waals surface area contributed by atoms with Crippen LogP contribution in [-0.4, -0.2) is 24.1 Å². The molecule has 0 spiro atoms. The first kappa shape index (κ1) is 26.5. The fourth-order valence-electron chi connectivity index (χ4n) is 3.61. The molecule has 1 amide bonds. The molecule has 0 saturated heterocycles. The van der Waals surface area contributed by atoms with Crippen LogP contribution in [0.1, 0.15) is 17.5 Å². The number of ether oxygens (including phenoxy) is 1. The number of nitrogens with one attached hydrogen (secondary N) is 3. The highest BCUT2D eigenvalue weighted by Crippen LogP contribution is 2.43. The fraction of sp³-hybridized carbons (Fsp3) is 0.200. The van der Waals surface area contributed by atoms with Crippen LogP contribution in [-0.2, 0) is 10.5 Å². The molecule has 0 radical (unpaired) electrons. The number of para-hydroxylation sites is 1. The van der Waals surface area contributed by atoms with Gasteiger partial charge in [-0.1, -0.05) is 53.5 Å². The maximum absolute atomic E-state index is 12.8. The number of benzene rings is 3. The zero-order valence-electron chi connectivity index (χ0n) is 19.7. The summed E-state index contributed by atoms with van der Waals surface area (Å²) in [6.45, 7) is 2.76. The van der Waals surface area contributed by atoms with Crippen LogP contribution in [0.25, 0.3) is 0 Å². The molecule has 3 aromatic rings. The lowest BCUT2D eigenvalue weighted by Crippen LogP contribution is -2.38. The van der Waals surface area contributed by atoms with Crippen molar-refractivity contribution in [2.45, 2.75) is 19.0 Å². The monoisotopic (exact) mass is 555 g/mol. The van der Waals surface area contributed by atoms with Gasteiger partial charge in [-0.2, -0.15) is 0 Å². The van der Waals surface area contributed by atoms with Gasteiger partial charge in [0.15, 0.2) is 5.11 Å². The van der Waals surface area contributed by atoms with Crippen LogP contribution in [0.2, 0.25) is 10.0 Å². The van der Waals surface area contributed by atoms with Gasteiger partial charge < -0.3 is 20.7 Å². The lowest BCUT2D eigenvalue weighted by molar-refractivity contribution is -0.122. The Morgan fingerprint density at radius 3 is 2.46 bits per heavy atom. The molecule has 3 aromatic carbocycles. The summed E-state index contributed by atoms with van der Waals surface area (Å²) >= 11 is 17.6. The van der Waals surface area contributed by atoms with Crippen molar-refractivity contribution in [3.63, 3.8) is 0 Å². The fourth-order valence-corrected chi connectivity index (χ4v) is 4.27. The molecule has 0 bridgehead atoms. The van der Waals surface area contributed by atoms with E-state index in [1.165, 1.54) is 0 Å². The average molecular weight is 556 g/mol. The predicted octanol–water partition coefficient (Wildman–Crippen LogP) is 6.57. The van der Waals surface area contributed by atoms with Crippen molar-refractivity contribution in [1.82, 2.24) is 10.6 Å². The molecule has 0 unspecified atom stereocenters. The summed E-state index contributed by atoms with van der Waals surface area (Å²) in [7, 11) is 0. The molecule has 0 atom stereocenters. The molecular weight excluding hydrogens is 533 g/mol. The van der Waals surface area contributed by atoms with E-state index in [9.17, 15) is 4.79 Å². The van der Waals surface area contributed by atoms with Crippen LogP contribution >= 0.6 is 35.4 Å². The van der Waals surface area contributed by atoms with E-state index in [4.69, 9.17) is 40.2 Å².